The maximum Gasteiger partial charge on any atom is 0.0824 e. The fourth-order valence-corrected chi connectivity index (χ4v) is 9.45. The van der Waals surface area contributed by atoms with Crippen molar-refractivity contribution in [1.29, 1.82) is 0 Å². The number of hydrogen-bond acceptors (Lipinski definition) is 2. The van der Waals surface area contributed by atoms with Gasteiger partial charge >= 0.3 is 0 Å². The van der Waals surface area contributed by atoms with Crippen LogP contribution in [0.2, 0.25) is 0 Å². The fourth-order valence-electron chi connectivity index (χ4n) is 4.74. The third-order valence-electron chi connectivity index (χ3n) is 6.60. The predicted molar refractivity (Wildman–Crippen MR) is 130 cm³/mol. The number of hydrogen-bond donors (Lipinski definition) is 0. The van der Waals surface area contributed by atoms with Crippen molar-refractivity contribution in [3.8, 4) is 0 Å². The summed E-state index contributed by atoms with van der Waals surface area (Å²) in [6.45, 7) is 11.0. The molecule has 2 aliphatic carbocycles. The van der Waals surface area contributed by atoms with Crippen LogP contribution in [0.5, 0.6) is 0 Å². The summed E-state index contributed by atoms with van der Waals surface area (Å²) in [6.07, 6.45) is 7.48. The van der Waals surface area contributed by atoms with Crippen LogP contribution < -0.4 is 0 Å². The van der Waals surface area contributed by atoms with E-state index >= 15 is 0 Å². The summed E-state index contributed by atoms with van der Waals surface area (Å²) >= 11 is 15.8. The molecule has 0 amide bonds. The number of alkyl halides is 4. The molecule has 4 atom stereocenters. The van der Waals surface area contributed by atoms with E-state index in [2.05, 4.69) is 91.4 Å². The third-order valence-corrected chi connectivity index (χ3v) is 10.2. The molecular weight excluding hydrogens is 604 g/mol. The van der Waals surface area contributed by atoms with Gasteiger partial charge in [-0.15, -0.1) is 0 Å². The second-order valence-electron chi connectivity index (χ2n) is 8.89. The summed E-state index contributed by atoms with van der Waals surface area (Å²) in [7, 11) is 0. The van der Waals surface area contributed by atoms with Gasteiger partial charge in [-0.25, -0.2) is 0 Å². The van der Waals surface area contributed by atoms with Gasteiger partial charge in [-0.05, 0) is 55.8 Å². The maximum absolute atomic E-state index is 6.12. The van der Waals surface area contributed by atoms with E-state index in [0.29, 0.717) is 36.6 Å². The van der Waals surface area contributed by atoms with Gasteiger partial charge in [-0.3, -0.25) is 0 Å². The summed E-state index contributed by atoms with van der Waals surface area (Å²) in [6, 6.07) is 0. The Hall–Kier alpha value is 1.84. The van der Waals surface area contributed by atoms with Crippen molar-refractivity contribution >= 4 is 63.7 Å². The quantitative estimate of drug-likeness (QED) is 0.257. The SMILES string of the molecule is CCCOC1C(Br)CC(C(C)(C)C2CC(Br)C(OCCC)C(Br)C2)CC1Br. The van der Waals surface area contributed by atoms with E-state index in [1.807, 2.05) is 0 Å². The lowest BCUT2D eigenvalue weighted by molar-refractivity contribution is -0.0222. The highest BCUT2D eigenvalue weighted by atomic mass is 79.9. The Morgan fingerprint density at radius 2 is 0.963 bits per heavy atom. The zero-order chi connectivity index (χ0) is 20.2. The zero-order valence-electron chi connectivity index (χ0n) is 17.1. The smallest absolute Gasteiger partial charge is 0.0824 e. The first-order valence-electron chi connectivity index (χ1n) is 10.5. The van der Waals surface area contributed by atoms with Gasteiger partial charge in [0.05, 0.1) is 12.2 Å². The average molecular weight is 640 g/mol. The molecule has 0 saturated heterocycles. The predicted octanol–water partition coefficient (Wildman–Crippen LogP) is 7.48. The fraction of sp³-hybridized carbons (Fsp3) is 1.00. The minimum Gasteiger partial charge on any atom is -0.376 e. The Morgan fingerprint density at radius 3 is 1.22 bits per heavy atom. The first kappa shape index (κ1) is 25.1. The van der Waals surface area contributed by atoms with E-state index in [0.717, 1.165) is 26.1 Å². The van der Waals surface area contributed by atoms with Gasteiger partial charge in [0.15, 0.2) is 0 Å². The van der Waals surface area contributed by atoms with Gasteiger partial charge in [0.2, 0.25) is 0 Å². The molecule has 4 unspecified atom stereocenters. The summed E-state index contributed by atoms with van der Waals surface area (Å²) in [5, 5.41) is 0. The normalized spacial score (nSPS) is 40.9. The van der Waals surface area contributed by atoms with Crippen molar-refractivity contribution in [1.82, 2.24) is 0 Å². The van der Waals surface area contributed by atoms with Crippen LogP contribution in [0.3, 0.4) is 0 Å². The number of rotatable bonds is 8. The van der Waals surface area contributed by atoms with Crippen LogP contribution in [-0.2, 0) is 9.47 Å². The zero-order valence-corrected chi connectivity index (χ0v) is 23.4. The lowest BCUT2D eigenvalue weighted by atomic mass is 9.60. The molecule has 0 aromatic rings. The minimum atomic E-state index is 0.281. The largest absolute Gasteiger partial charge is 0.376 e. The Balaban J connectivity index is 2.01. The molecule has 0 bridgehead atoms. The molecule has 0 aromatic heterocycles. The highest BCUT2D eigenvalue weighted by Crippen LogP contribution is 2.52. The van der Waals surface area contributed by atoms with Crippen molar-refractivity contribution in [2.24, 2.45) is 17.3 Å². The molecule has 0 heterocycles. The van der Waals surface area contributed by atoms with E-state index < -0.39 is 0 Å². The molecule has 2 fully saturated rings. The molecule has 0 radical (unpaired) electrons. The molecule has 27 heavy (non-hydrogen) atoms. The van der Waals surface area contributed by atoms with E-state index in [4.69, 9.17) is 9.47 Å². The van der Waals surface area contributed by atoms with Crippen LogP contribution in [0.15, 0.2) is 0 Å². The van der Waals surface area contributed by atoms with Crippen LogP contribution in [0.1, 0.15) is 66.2 Å². The molecule has 0 aliphatic heterocycles. The van der Waals surface area contributed by atoms with Gasteiger partial charge in [-0.1, -0.05) is 91.4 Å². The first-order chi connectivity index (χ1) is 12.7. The van der Waals surface area contributed by atoms with E-state index in [-0.39, 0.29) is 12.2 Å². The first-order valence-corrected chi connectivity index (χ1v) is 14.2. The Bertz CT molecular complexity index is 386. The Kier molecular flexibility index (Phi) is 10.7. The standard InChI is InChI=1S/C21H36Br4O2/c1-5-7-26-19-15(22)9-13(10-16(19)23)21(3,4)14-11-17(24)20(18(25)12-14)27-8-6-2/h13-20H,5-12H2,1-4H3. The van der Waals surface area contributed by atoms with Gasteiger partial charge in [0.1, 0.15) is 0 Å². The molecule has 2 rings (SSSR count). The molecule has 0 aromatic carbocycles. The topological polar surface area (TPSA) is 18.5 Å². The summed E-state index contributed by atoms with van der Waals surface area (Å²) in [4.78, 5) is 1.70. The molecule has 2 aliphatic rings. The van der Waals surface area contributed by atoms with E-state index in [9.17, 15) is 0 Å². The van der Waals surface area contributed by atoms with Gasteiger partial charge < -0.3 is 9.47 Å². The van der Waals surface area contributed by atoms with Crippen molar-refractivity contribution in [3.05, 3.63) is 0 Å². The number of halogens is 4. The minimum absolute atomic E-state index is 0.281. The van der Waals surface area contributed by atoms with Gasteiger partial charge in [0.25, 0.3) is 0 Å². The van der Waals surface area contributed by atoms with Gasteiger partial charge in [0, 0.05) is 32.5 Å². The van der Waals surface area contributed by atoms with Gasteiger partial charge in [-0.2, -0.15) is 0 Å². The monoisotopic (exact) mass is 636 g/mol. The summed E-state index contributed by atoms with van der Waals surface area (Å²) in [5.74, 6) is 1.37. The van der Waals surface area contributed by atoms with Crippen LogP contribution >= 0.6 is 63.7 Å². The lowest BCUT2D eigenvalue weighted by Gasteiger charge is -2.50. The van der Waals surface area contributed by atoms with Crippen LogP contribution in [0, 0.1) is 17.3 Å². The molecule has 2 nitrogen and oxygen atoms in total. The summed E-state index contributed by atoms with van der Waals surface area (Å²) < 4.78 is 12.2. The molecular formula is C21H36Br4O2. The van der Waals surface area contributed by atoms with Crippen LogP contribution in [-0.4, -0.2) is 44.7 Å². The van der Waals surface area contributed by atoms with Crippen molar-refractivity contribution in [2.75, 3.05) is 13.2 Å². The second-order valence-corrected chi connectivity index (χ2v) is 13.6. The van der Waals surface area contributed by atoms with Crippen molar-refractivity contribution in [3.63, 3.8) is 0 Å². The number of ether oxygens (including phenoxy) is 2. The third kappa shape index (κ3) is 6.41. The molecule has 160 valence electrons. The average Bonchev–Trinajstić information content (AvgIpc) is 2.60. The highest BCUT2D eigenvalue weighted by Gasteiger charge is 2.48. The molecule has 2 saturated carbocycles. The van der Waals surface area contributed by atoms with Crippen molar-refractivity contribution in [2.45, 2.75) is 97.7 Å². The molecule has 0 N–H and O–H groups in total. The molecule has 0 spiro atoms. The second kappa shape index (κ2) is 11.5. The highest BCUT2D eigenvalue weighted by molar-refractivity contribution is 9.10. The van der Waals surface area contributed by atoms with Crippen LogP contribution in [0.25, 0.3) is 0 Å². The van der Waals surface area contributed by atoms with E-state index in [1.54, 1.807) is 0 Å². The Morgan fingerprint density at radius 1 is 0.667 bits per heavy atom. The van der Waals surface area contributed by atoms with Crippen molar-refractivity contribution < 1.29 is 9.47 Å². The maximum atomic E-state index is 6.12. The summed E-state index contributed by atoms with van der Waals surface area (Å²) in [5.41, 5.74) is 0.293. The van der Waals surface area contributed by atoms with Crippen LogP contribution in [0.4, 0.5) is 0 Å². The lowest BCUT2D eigenvalue weighted by Crippen LogP contribution is -2.50. The Labute approximate surface area is 200 Å². The molecule has 6 heteroatoms. The van der Waals surface area contributed by atoms with E-state index in [1.165, 1.54) is 25.7 Å².